The molecule has 0 aliphatic carbocycles. The van der Waals surface area contributed by atoms with E-state index in [-0.39, 0.29) is 5.97 Å². The largest absolute Gasteiger partial charge is 0.466 e. The van der Waals surface area contributed by atoms with Crippen LogP contribution in [0.5, 0.6) is 0 Å². The van der Waals surface area contributed by atoms with Crippen molar-refractivity contribution in [1.29, 1.82) is 0 Å². The molecule has 0 heterocycles. The van der Waals surface area contributed by atoms with Crippen LogP contribution in [0.25, 0.3) is 16.3 Å². The van der Waals surface area contributed by atoms with E-state index in [4.69, 9.17) is 0 Å². The lowest BCUT2D eigenvalue weighted by atomic mass is 9.99. The van der Waals surface area contributed by atoms with Crippen molar-refractivity contribution in [2.45, 2.75) is 13.3 Å². The SMILES string of the molecule is CC/C(=C\C(=O)OC)c1ccc2ccccc2c1. The maximum Gasteiger partial charge on any atom is 0.330 e. The lowest BCUT2D eigenvalue weighted by Gasteiger charge is -2.06. The first-order valence-corrected chi connectivity index (χ1v) is 6.02. The number of benzene rings is 2. The van der Waals surface area contributed by atoms with Gasteiger partial charge in [-0.1, -0.05) is 43.3 Å². The first-order valence-electron chi connectivity index (χ1n) is 6.02. The molecule has 0 N–H and O–H groups in total. The molecule has 2 rings (SSSR count). The van der Waals surface area contributed by atoms with Gasteiger partial charge in [0, 0.05) is 6.08 Å². The molecule has 2 aromatic rings. The van der Waals surface area contributed by atoms with Gasteiger partial charge in [-0.3, -0.25) is 0 Å². The number of rotatable bonds is 3. The molecule has 0 atom stereocenters. The summed E-state index contributed by atoms with van der Waals surface area (Å²) in [6.45, 7) is 2.03. The van der Waals surface area contributed by atoms with Crippen LogP contribution in [0.3, 0.4) is 0 Å². The Bertz CT molecular complexity index is 597. The maximum absolute atomic E-state index is 11.3. The lowest BCUT2D eigenvalue weighted by Crippen LogP contribution is -1.96. The Kier molecular flexibility index (Phi) is 3.78. The number of ether oxygens (including phenoxy) is 1. The average Bonchev–Trinajstić information content (AvgIpc) is 2.44. The van der Waals surface area contributed by atoms with E-state index < -0.39 is 0 Å². The van der Waals surface area contributed by atoms with Gasteiger partial charge >= 0.3 is 5.97 Å². The van der Waals surface area contributed by atoms with Crippen molar-refractivity contribution in [2.24, 2.45) is 0 Å². The molecule has 2 nitrogen and oxygen atoms in total. The molecule has 0 spiro atoms. The van der Waals surface area contributed by atoms with Crippen LogP contribution in [-0.4, -0.2) is 13.1 Å². The first kappa shape index (κ1) is 12.4. The lowest BCUT2D eigenvalue weighted by molar-refractivity contribution is -0.134. The minimum absolute atomic E-state index is 0.306. The summed E-state index contributed by atoms with van der Waals surface area (Å²) in [6, 6.07) is 14.4. The van der Waals surface area contributed by atoms with E-state index in [9.17, 15) is 4.79 Å². The number of esters is 1. The molecule has 0 radical (unpaired) electrons. The Balaban J connectivity index is 2.46. The summed E-state index contributed by atoms with van der Waals surface area (Å²) in [5.41, 5.74) is 2.06. The molecule has 0 fully saturated rings. The number of hydrogen-bond acceptors (Lipinski definition) is 2. The summed E-state index contributed by atoms with van der Waals surface area (Å²) in [5.74, 6) is -0.306. The zero-order chi connectivity index (χ0) is 13.0. The highest BCUT2D eigenvalue weighted by Crippen LogP contribution is 2.23. The molecule has 0 bridgehead atoms. The van der Waals surface area contributed by atoms with Crippen LogP contribution in [0.4, 0.5) is 0 Å². The third-order valence-corrected chi connectivity index (χ3v) is 2.99. The van der Waals surface area contributed by atoms with Crippen LogP contribution >= 0.6 is 0 Å². The molecule has 0 unspecified atom stereocenters. The van der Waals surface area contributed by atoms with E-state index in [2.05, 4.69) is 29.0 Å². The molecule has 0 aliphatic rings. The minimum Gasteiger partial charge on any atom is -0.466 e. The number of allylic oxidation sites excluding steroid dienone is 1. The molecule has 0 saturated carbocycles. The van der Waals surface area contributed by atoms with E-state index in [1.807, 2.05) is 25.1 Å². The van der Waals surface area contributed by atoms with E-state index in [0.29, 0.717) is 0 Å². The fraction of sp³-hybridized carbons (Fsp3) is 0.188. The second-order valence-electron chi connectivity index (χ2n) is 4.11. The van der Waals surface area contributed by atoms with Gasteiger partial charge in [0.2, 0.25) is 0 Å². The fourth-order valence-electron chi connectivity index (χ4n) is 1.98. The molecular formula is C16H16O2. The summed E-state index contributed by atoms with van der Waals surface area (Å²) >= 11 is 0. The van der Waals surface area contributed by atoms with Crippen molar-refractivity contribution in [3.05, 3.63) is 54.1 Å². The molecule has 0 aromatic heterocycles. The Morgan fingerprint density at radius 2 is 1.89 bits per heavy atom. The summed E-state index contributed by atoms with van der Waals surface area (Å²) in [6.07, 6.45) is 2.36. The van der Waals surface area contributed by atoms with Crippen LogP contribution in [-0.2, 0) is 9.53 Å². The third kappa shape index (κ3) is 2.59. The van der Waals surface area contributed by atoms with Crippen LogP contribution in [0.2, 0.25) is 0 Å². The van der Waals surface area contributed by atoms with Crippen molar-refractivity contribution in [1.82, 2.24) is 0 Å². The molecule has 0 amide bonds. The van der Waals surface area contributed by atoms with Crippen molar-refractivity contribution in [3.63, 3.8) is 0 Å². The van der Waals surface area contributed by atoms with Crippen molar-refractivity contribution < 1.29 is 9.53 Å². The van der Waals surface area contributed by atoms with E-state index in [1.165, 1.54) is 17.9 Å². The van der Waals surface area contributed by atoms with Crippen molar-refractivity contribution >= 4 is 22.3 Å². The normalized spacial score (nSPS) is 11.6. The second kappa shape index (κ2) is 5.50. The fourth-order valence-corrected chi connectivity index (χ4v) is 1.98. The van der Waals surface area contributed by atoms with Gasteiger partial charge in [-0.2, -0.15) is 0 Å². The summed E-state index contributed by atoms with van der Waals surface area (Å²) < 4.78 is 4.68. The number of carbonyl (C=O) groups is 1. The Hall–Kier alpha value is -2.09. The summed E-state index contributed by atoms with van der Waals surface area (Å²) in [7, 11) is 1.40. The number of carbonyl (C=O) groups excluding carboxylic acids is 1. The molecule has 0 saturated heterocycles. The van der Waals surface area contributed by atoms with Crippen LogP contribution in [0.1, 0.15) is 18.9 Å². The molecule has 92 valence electrons. The van der Waals surface area contributed by atoms with Crippen LogP contribution < -0.4 is 0 Å². The topological polar surface area (TPSA) is 26.3 Å². The molecule has 0 aliphatic heterocycles. The molecule has 2 heteroatoms. The quantitative estimate of drug-likeness (QED) is 0.602. The summed E-state index contributed by atoms with van der Waals surface area (Å²) in [4.78, 5) is 11.3. The molecule has 18 heavy (non-hydrogen) atoms. The highest BCUT2D eigenvalue weighted by Gasteiger charge is 2.04. The Labute approximate surface area is 107 Å². The molecule has 2 aromatic carbocycles. The van der Waals surface area contributed by atoms with E-state index in [1.54, 1.807) is 6.08 Å². The van der Waals surface area contributed by atoms with Crippen LogP contribution in [0, 0.1) is 0 Å². The number of hydrogen-bond donors (Lipinski definition) is 0. The Morgan fingerprint density at radius 3 is 2.56 bits per heavy atom. The molecular weight excluding hydrogens is 224 g/mol. The summed E-state index contributed by atoms with van der Waals surface area (Å²) in [5, 5.41) is 2.38. The minimum atomic E-state index is -0.306. The number of fused-ring (bicyclic) bond motifs is 1. The van der Waals surface area contributed by atoms with E-state index in [0.717, 1.165) is 17.6 Å². The van der Waals surface area contributed by atoms with Crippen molar-refractivity contribution in [3.8, 4) is 0 Å². The van der Waals surface area contributed by atoms with Crippen LogP contribution in [0.15, 0.2) is 48.5 Å². The van der Waals surface area contributed by atoms with Gasteiger partial charge < -0.3 is 4.74 Å². The van der Waals surface area contributed by atoms with Gasteiger partial charge in [0.15, 0.2) is 0 Å². The van der Waals surface area contributed by atoms with Gasteiger partial charge in [-0.05, 0) is 34.4 Å². The predicted octanol–water partition coefficient (Wildman–Crippen LogP) is 3.81. The van der Waals surface area contributed by atoms with Crippen molar-refractivity contribution in [2.75, 3.05) is 7.11 Å². The van der Waals surface area contributed by atoms with Gasteiger partial charge in [-0.25, -0.2) is 4.79 Å². The second-order valence-corrected chi connectivity index (χ2v) is 4.11. The van der Waals surface area contributed by atoms with Gasteiger partial charge in [0.05, 0.1) is 7.11 Å². The monoisotopic (exact) mass is 240 g/mol. The maximum atomic E-state index is 11.3. The zero-order valence-corrected chi connectivity index (χ0v) is 10.6. The smallest absolute Gasteiger partial charge is 0.330 e. The highest BCUT2D eigenvalue weighted by atomic mass is 16.5. The van der Waals surface area contributed by atoms with Gasteiger partial charge in [0.1, 0.15) is 0 Å². The standard InChI is InChI=1S/C16H16O2/c1-3-12(11-16(17)18-2)15-9-8-13-6-4-5-7-14(13)10-15/h4-11H,3H2,1-2H3/b12-11+. The zero-order valence-electron chi connectivity index (χ0n) is 10.6. The first-order chi connectivity index (χ1) is 8.74. The van der Waals surface area contributed by atoms with E-state index >= 15 is 0 Å². The van der Waals surface area contributed by atoms with Gasteiger partial charge in [0.25, 0.3) is 0 Å². The Morgan fingerprint density at radius 1 is 1.17 bits per heavy atom. The third-order valence-electron chi connectivity index (χ3n) is 2.99. The highest BCUT2D eigenvalue weighted by molar-refractivity contribution is 5.93. The average molecular weight is 240 g/mol. The van der Waals surface area contributed by atoms with Gasteiger partial charge in [-0.15, -0.1) is 0 Å². The number of methoxy groups -OCH3 is 1. The predicted molar refractivity (Wildman–Crippen MR) is 74.2 cm³/mol.